The van der Waals surface area contributed by atoms with Crippen LogP contribution in [0.15, 0.2) is 60.2 Å². The Balaban J connectivity index is 1.73. The third-order valence-electron chi connectivity index (χ3n) is 6.67. The Morgan fingerprint density at radius 1 is 1.03 bits per heavy atom. The highest BCUT2D eigenvalue weighted by molar-refractivity contribution is 6.10. The maximum atomic E-state index is 13.7. The van der Waals surface area contributed by atoms with Crippen LogP contribution in [-0.2, 0) is 9.59 Å². The number of non-ortho nitro benzene ring substituents is 1. The van der Waals surface area contributed by atoms with Crippen molar-refractivity contribution in [2.75, 3.05) is 7.11 Å². The molecule has 0 bridgehead atoms. The number of rotatable bonds is 7. The summed E-state index contributed by atoms with van der Waals surface area (Å²) in [6, 6.07) is 9.83. The number of nitro groups is 1. The highest BCUT2D eigenvalue weighted by Gasteiger charge is 2.53. The molecule has 0 aromatic heterocycles. The molecular weight excluding hydrogens is 466 g/mol. The summed E-state index contributed by atoms with van der Waals surface area (Å²) < 4.78 is 5.13. The van der Waals surface area contributed by atoms with Crippen molar-refractivity contribution < 1.29 is 28.8 Å². The summed E-state index contributed by atoms with van der Waals surface area (Å²) in [5, 5.41) is 12.7. The number of ether oxygens (including phenoxy) is 1. The maximum absolute atomic E-state index is 13.7. The van der Waals surface area contributed by atoms with Gasteiger partial charge in [0.1, 0.15) is 11.8 Å². The molecule has 4 rings (SSSR count). The Hall–Kier alpha value is -4.34. The molecule has 10 nitrogen and oxygen atoms in total. The minimum absolute atomic E-state index is 0.000224. The summed E-state index contributed by atoms with van der Waals surface area (Å²) in [5.41, 5.74) is 1.02. The molecule has 0 saturated carbocycles. The summed E-state index contributed by atoms with van der Waals surface area (Å²) in [4.78, 5) is 64.3. The van der Waals surface area contributed by atoms with Gasteiger partial charge in [-0.1, -0.05) is 11.6 Å². The van der Waals surface area contributed by atoms with Crippen LogP contribution in [0.2, 0.25) is 0 Å². The van der Waals surface area contributed by atoms with E-state index < -0.39 is 46.3 Å². The van der Waals surface area contributed by atoms with Crippen molar-refractivity contribution >= 4 is 29.2 Å². The first-order chi connectivity index (χ1) is 17.1. The summed E-state index contributed by atoms with van der Waals surface area (Å²) in [6.07, 6.45) is 2.67. The van der Waals surface area contributed by atoms with Gasteiger partial charge >= 0.3 is 0 Å². The molecule has 1 aliphatic carbocycles. The number of hydrogen-bond acceptors (Lipinski definition) is 7. The zero-order valence-electron chi connectivity index (χ0n) is 20.0. The topological polar surface area (TPSA) is 127 Å². The quantitative estimate of drug-likeness (QED) is 0.190. The number of fused-ring (bicyclic) bond motifs is 1. The van der Waals surface area contributed by atoms with Gasteiger partial charge in [0, 0.05) is 23.3 Å². The molecule has 1 aliphatic heterocycles. The predicted octanol–water partition coefficient (Wildman–Crippen LogP) is 3.57. The number of allylic oxidation sites excluding steroid dienone is 2. The first kappa shape index (κ1) is 24.8. The molecule has 1 fully saturated rings. The first-order valence-electron chi connectivity index (χ1n) is 11.4. The molecule has 3 amide bonds. The standard InChI is InChI=1S/C26H25N3O7/c1-15-4-13-21-22(14-15)26(33)28(25(21)32)27(24(31)18-5-9-19(10-6-18)29(34)35)16(2)23(30)17-7-11-20(36-3)12-8-17/h4-12,16,21-22H,13-14H2,1-3H3/t16-,21-,22-/m0/s1. The van der Waals surface area contributed by atoms with E-state index in [1.54, 1.807) is 12.1 Å². The lowest BCUT2D eigenvalue weighted by atomic mass is 9.82. The highest BCUT2D eigenvalue weighted by atomic mass is 16.6. The van der Waals surface area contributed by atoms with E-state index in [2.05, 4.69) is 0 Å². The summed E-state index contributed by atoms with van der Waals surface area (Å²) >= 11 is 0. The van der Waals surface area contributed by atoms with Crippen LogP contribution in [0.5, 0.6) is 5.75 Å². The predicted molar refractivity (Wildman–Crippen MR) is 128 cm³/mol. The van der Waals surface area contributed by atoms with Crippen LogP contribution in [0.4, 0.5) is 5.69 Å². The Bertz CT molecular complexity index is 1270. The SMILES string of the molecule is COc1ccc(C(=O)[C@H](C)N(C(=O)c2ccc([N+](=O)[O-])cc2)N2C(=O)[C@H]3CC=C(C)C[C@@H]3C2=O)cc1. The average molecular weight is 492 g/mol. The lowest BCUT2D eigenvalue weighted by molar-refractivity contribution is -0.384. The number of hydrazine groups is 1. The van der Waals surface area contributed by atoms with E-state index in [-0.39, 0.29) is 16.8 Å². The van der Waals surface area contributed by atoms with E-state index in [4.69, 9.17) is 4.74 Å². The van der Waals surface area contributed by atoms with Crippen molar-refractivity contribution in [3.63, 3.8) is 0 Å². The molecule has 36 heavy (non-hydrogen) atoms. The monoisotopic (exact) mass is 491 g/mol. The third kappa shape index (κ3) is 4.37. The second-order valence-electron chi connectivity index (χ2n) is 8.91. The van der Waals surface area contributed by atoms with Crippen molar-refractivity contribution in [2.24, 2.45) is 11.8 Å². The molecule has 0 radical (unpaired) electrons. The molecule has 3 atom stereocenters. The van der Waals surface area contributed by atoms with E-state index >= 15 is 0 Å². The molecule has 0 N–H and O–H groups in total. The number of methoxy groups -OCH3 is 1. The zero-order valence-corrected chi connectivity index (χ0v) is 20.0. The minimum atomic E-state index is -1.22. The number of benzene rings is 2. The molecule has 10 heteroatoms. The van der Waals surface area contributed by atoms with Crippen molar-refractivity contribution in [2.45, 2.75) is 32.7 Å². The van der Waals surface area contributed by atoms with Crippen molar-refractivity contribution in [1.29, 1.82) is 0 Å². The largest absolute Gasteiger partial charge is 0.497 e. The third-order valence-corrected chi connectivity index (χ3v) is 6.67. The molecule has 186 valence electrons. The number of carbonyl (C=O) groups excluding carboxylic acids is 4. The molecule has 1 saturated heterocycles. The van der Waals surface area contributed by atoms with E-state index in [0.29, 0.717) is 18.6 Å². The average Bonchev–Trinajstić information content (AvgIpc) is 3.12. The van der Waals surface area contributed by atoms with Crippen molar-refractivity contribution in [3.05, 3.63) is 81.4 Å². The van der Waals surface area contributed by atoms with Gasteiger partial charge in [-0.2, -0.15) is 5.01 Å². The van der Waals surface area contributed by atoms with Crippen LogP contribution in [0.3, 0.4) is 0 Å². The van der Waals surface area contributed by atoms with Gasteiger partial charge in [0.25, 0.3) is 23.4 Å². The fraction of sp³-hybridized carbons (Fsp3) is 0.308. The van der Waals surface area contributed by atoms with Crippen molar-refractivity contribution in [1.82, 2.24) is 10.0 Å². The van der Waals surface area contributed by atoms with Gasteiger partial charge in [-0.05, 0) is 63.1 Å². The minimum Gasteiger partial charge on any atom is -0.497 e. The highest BCUT2D eigenvalue weighted by Crippen LogP contribution is 2.39. The zero-order chi connectivity index (χ0) is 26.1. The fourth-order valence-electron chi connectivity index (χ4n) is 4.64. The van der Waals surface area contributed by atoms with Crippen LogP contribution in [0.25, 0.3) is 0 Å². The van der Waals surface area contributed by atoms with Gasteiger partial charge < -0.3 is 4.74 Å². The molecule has 0 unspecified atom stereocenters. The Kier molecular flexibility index (Phi) is 6.69. The Morgan fingerprint density at radius 3 is 2.19 bits per heavy atom. The van der Waals surface area contributed by atoms with Crippen LogP contribution in [0, 0.1) is 22.0 Å². The van der Waals surface area contributed by atoms with E-state index in [1.807, 2.05) is 13.0 Å². The lowest BCUT2D eigenvalue weighted by Gasteiger charge is -2.34. The number of carbonyl (C=O) groups is 4. The summed E-state index contributed by atoms with van der Waals surface area (Å²) in [5.74, 6) is -3.05. The number of Topliss-reactive ketones (excluding diaryl/α,β-unsaturated/α-hetero) is 1. The summed E-state index contributed by atoms with van der Waals surface area (Å²) in [6.45, 7) is 3.33. The van der Waals surface area contributed by atoms with Gasteiger partial charge in [0.05, 0.1) is 23.9 Å². The number of imide groups is 1. The van der Waals surface area contributed by atoms with Crippen LogP contribution in [-0.4, -0.2) is 51.6 Å². The first-order valence-corrected chi connectivity index (χ1v) is 11.4. The second-order valence-corrected chi connectivity index (χ2v) is 8.91. The van der Waals surface area contributed by atoms with Gasteiger partial charge in [-0.3, -0.25) is 29.3 Å². The number of ketones is 1. The summed E-state index contributed by atoms with van der Waals surface area (Å²) in [7, 11) is 1.49. The molecule has 2 aromatic rings. The normalized spacial score (nSPS) is 19.9. The second kappa shape index (κ2) is 9.73. The smallest absolute Gasteiger partial charge is 0.273 e. The van der Waals surface area contributed by atoms with E-state index in [0.717, 1.165) is 27.7 Å². The number of hydrogen-bond donors (Lipinski definition) is 0. The number of nitrogens with zero attached hydrogens (tertiary/aromatic N) is 3. The number of nitro benzene ring substituents is 1. The van der Waals surface area contributed by atoms with Gasteiger partial charge in [0.15, 0.2) is 5.78 Å². The van der Waals surface area contributed by atoms with Crippen LogP contribution < -0.4 is 4.74 Å². The van der Waals surface area contributed by atoms with Crippen molar-refractivity contribution in [3.8, 4) is 5.75 Å². The molecule has 2 aromatic carbocycles. The van der Waals surface area contributed by atoms with E-state index in [1.165, 1.54) is 38.3 Å². The molecule has 1 heterocycles. The van der Waals surface area contributed by atoms with Crippen LogP contribution in [0.1, 0.15) is 47.4 Å². The molecule has 0 spiro atoms. The maximum Gasteiger partial charge on any atom is 0.273 e. The molecule has 2 aliphatic rings. The number of amides is 3. The van der Waals surface area contributed by atoms with Gasteiger partial charge in [0.2, 0.25) is 0 Å². The Labute approximate surface area is 207 Å². The fourth-order valence-corrected chi connectivity index (χ4v) is 4.64. The van der Waals surface area contributed by atoms with Gasteiger partial charge in [-0.25, -0.2) is 5.01 Å². The van der Waals surface area contributed by atoms with Gasteiger partial charge in [-0.15, -0.1) is 0 Å². The van der Waals surface area contributed by atoms with Crippen LogP contribution >= 0.6 is 0 Å². The molecular formula is C26H25N3O7. The lowest BCUT2D eigenvalue weighted by Crippen LogP contribution is -2.56. The Morgan fingerprint density at radius 2 is 1.61 bits per heavy atom. The van der Waals surface area contributed by atoms with E-state index in [9.17, 15) is 29.3 Å².